The van der Waals surface area contributed by atoms with Crippen molar-refractivity contribution >= 4 is 6.21 Å². The second-order valence-corrected chi connectivity index (χ2v) is 5.01. The Labute approximate surface area is 136 Å². The molecule has 24 heavy (non-hydrogen) atoms. The van der Waals surface area contributed by atoms with Crippen LogP contribution in [0, 0.1) is 13.8 Å². The molecule has 124 valence electrons. The summed E-state index contributed by atoms with van der Waals surface area (Å²) in [6.07, 6.45) is 3.02. The molecule has 2 heterocycles. The van der Waals surface area contributed by atoms with Gasteiger partial charge in [0, 0.05) is 5.69 Å². The number of hydrogen-bond donors (Lipinski definition) is 0. The Morgan fingerprint density at radius 1 is 1.21 bits per heavy atom. The second-order valence-electron chi connectivity index (χ2n) is 5.01. The second kappa shape index (κ2) is 6.57. The van der Waals surface area contributed by atoms with Gasteiger partial charge in [0.1, 0.15) is 12.1 Å². The Bertz CT molecular complexity index is 853. The third kappa shape index (κ3) is 3.45. The van der Waals surface area contributed by atoms with E-state index in [2.05, 4.69) is 25.1 Å². The zero-order valence-corrected chi connectivity index (χ0v) is 13.0. The zero-order valence-electron chi connectivity index (χ0n) is 13.0. The van der Waals surface area contributed by atoms with E-state index in [1.807, 2.05) is 19.9 Å². The van der Waals surface area contributed by atoms with Crippen LogP contribution in [0.5, 0.6) is 5.75 Å². The van der Waals surface area contributed by atoms with E-state index in [0.29, 0.717) is 11.5 Å². The lowest BCUT2D eigenvalue weighted by atomic mass is 10.2. The summed E-state index contributed by atoms with van der Waals surface area (Å²) in [5, 5.41) is 16.5. The summed E-state index contributed by atoms with van der Waals surface area (Å²) in [6, 6.07) is 8.05. The van der Waals surface area contributed by atoms with E-state index in [-0.39, 0.29) is 5.75 Å². The minimum atomic E-state index is -2.84. The highest BCUT2D eigenvalue weighted by Gasteiger charge is 2.10. The monoisotopic (exact) mass is 332 g/mol. The molecule has 0 N–H and O–H groups in total. The molecule has 0 bridgehead atoms. The summed E-state index contributed by atoms with van der Waals surface area (Å²) in [4.78, 5) is 0. The number of aromatic nitrogens is 5. The van der Waals surface area contributed by atoms with Gasteiger partial charge in [0.05, 0.1) is 11.9 Å². The maximum atomic E-state index is 12.1. The quantitative estimate of drug-likeness (QED) is 0.673. The van der Waals surface area contributed by atoms with Crippen LogP contribution < -0.4 is 4.74 Å². The van der Waals surface area contributed by atoms with Gasteiger partial charge in [-0.25, -0.2) is 4.68 Å². The van der Waals surface area contributed by atoms with Gasteiger partial charge in [0.15, 0.2) is 0 Å². The lowest BCUT2D eigenvalue weighted by Crippen LogP contribution is -2.06. The smallest absolute Gasteiger partial charge is 0.387 e. The molecule has 0 amide bonds. The number of hydrogen-bond acceptors (Lipinski definition) is 5. The summed E-state index contributed by atoms with van der Waals surface area (Å²) in [5.74, 6) is 0.546. The normalized spacial score (nSPS) is 11.5. The van der Waals surface area contributed by atoms with Crippen molar-refractivity contribution in [2.45, 2.75) is 20.5 Å². The summed E-state index contributed by atoms with van der Waals surface area (Å²) >= 11 is 0. The number of nitrogens with zero attached hydrogens (tertiary/aromatic N) is 6. The fourth-order valence-corrected chi connectivity index (χ4v) is 2.14. The van der Waals surface area contributed by atoms with Crippen LogP contribution in [-0.4, -0.2) is 37.5 Å². The summed E-state index contributed by atoms with van der Waals surface area (Å²) in [5.41, 5.74) is 2.48. The number of benzene rings is 1. The SMILES string of the molecule is Cc1cc(C)n(-c2nncn2/N=C\c2ccc(OC(F)F)cc2)n1. The molecule has 0 saturated carbocycles. The molecule has 9 heteroatoms. The van der Waals surface area contributed by atoms with Crippen LogP contribution in [0.3, 0.4) is 0 Å². The largest absolute Gasteiger partial charge is 0.435 e. The number of halogens is 2. The van der Waals surface area contributed by atoms with E-state index in [4.69, 9.17) is 0 Å². The molecular weight excluding hydrogens is 318 g/mol. The number of aryl methyl sites for hydroxylation is 2. The molecule has 0 spiro atoms. The van der Waals surface area contributed by atoms with Crippen molar-refractivity contribution in [2.75, 3.05) is 0 Å². The third-order valence-electron chi connectivity index (χ3n) is 3.15. The van der Waals surface area contributed by atoms with E-state index < -0.39 is 6.61 Å². The van der Waals surface area contributed by atoms with Crippen molar-refractivity contribution in [3.05, 3.63) is 53.6 Å². The average Bonchev–Trinajstić information content (AvgIpc) is 3.11. The van der Waals surface area contributed by atoms with E-state index in [1.54, 1.807) is 23.0 Å². The molecule has 2 aromatic heterocycles. The van der Waals surface area contributed by atoms with Crippen molar-refractivity contribution in [3.63, 3.8) is 0 Å². The van der Waals surface area contributed by atoms with Gasteiger partial charge in [-0.1, -0.05) is 0 Å². The summed E-state index contributed by atoms with van der Waals surface area (Å²) < 4.78 is 31.7. The van der Waals surface area contributed by atoms with Crippen LogP contribution in [0.1, 0.15) is 17.0 Å². The first-order chi connectivity index (χ1) is 11.5. The van der Waals surface area contributed by atoms with Crippen molar-refractivity contribution in [1.82, 2.24) is 24.7 Å². The van der Waals surface area contributed by atoms with Crippen molar-refractivity contribution < 1.29 is 13.5 Å². The lowest BCUT2D eigenvalue weighted by Gasteiger charge is -2.04. The van der Waals surface area contributed by atoms with Crippen LogP contribution in [-0.2, 0) is 0 Å². The fourth-order valence-electron chi connectivity index (χ4n) is 2.14. The molecule has 1 aromatic carbocycles. The molecule has 0 aliphatic carbocycles. The Morgan fingerprint density at radius 2 is 1.96 bits per heavy atom. The standard InChI is InChI=1S/C15H14F2N6O/c1-10-7-11(2)23(21-10)15-20-18-9-22(15)19-8-12-3-5-13(6-4-12)24-14(16)17/h3-9,14H,1-2H3/b19-8-. The van der Waals surface area contributed by atoms with Gasteiger partial charge in [-0.3, -0.25) is 0 Å². The van der Waals surface area contributed by atoms with Gasteiger partial charge in [0.25, 0.3) is 5.95 Å². The molecule has 0 radical (unpaired) electrons. The number of rotatable bonds is 5. The van der Waals surface area contributed by atoms with E-state index >= 15 is 0 Å². The topological polar surface area (TPSA) is 70.1 Å². The molecule has 3 aromatic rings. The minimum absolute atomic E-state index is 0.0924. The fraction of sp³-hybridized carbons (Fsp3) is 0.200. The van der Waals surface area contributed by atoms with Crippen LogP contribution >= 0.6 is 0 Å². The molecule has 0 atom stereocenters. The minimum Gasteiger partial charge on any atom is -0.435 e. The predicted octanol–water partition coefficient (Wildman–Crippen LogP) is 2.56. The lowest BCUT2D eigenvalue weighted by molar-refractivity contribution is -0.0498. The van der Waals surface area contributed by atoms with Crippen molar-refractivity contribution in [2.24, 2.45) is 5.10 Å². The van der Waals surface area contributed by atoms with Crippen molar-refractivity contribution in [3.8, 4) is 11.7 Å². The summed E-state index contributed by atoms with van der Waals surface area (Å²) in [6.45, 7) is 0.950. The zero-order chi connectivity index (χ0) is 17.1. The Balaban J connectivity index is 1.81. The molecular formula is C15H14F2N6O. The van der Waals surface area contributed by atoms with Gasteiger partial charge in [-0.15, -0.1) is 10.2 Å². The Hall–Kier alpha value is -3.10. The molecule has 0 aliphatic heterocycles. The molecule has 0 aliphatic rings. The first-order valence-electron chi connectivity index (χ1n) is 7.06. The van der Waals surface area contributed by atoms with E-state index in [0.717, 1.165) is 11.4 Å². The van der Waals surface area contributed by atoms with Crippen LogP contribution in [0.25, 0.3) is 5.95 Å². The van der Waals surface area contributed by atoms with Gasteiger partial charge < -0.3 is 4.74 Å². The average molecular weight is 332 g/mol. The first-order valence-corrected chi connectivity index (χ1v) is 7.06. The Morgan fingerprint density at radius 3 is 2.58 bits per heavy atom. The summed E-state index contributed by atoms with van der Waals surface area (Å²) in [7, 11) is 0. The van der Waals surface area contributed by atoms with Gasteiger partial charge in [-0.05, 0) is 49.7 Å². The maximum Gasteiger partial charge on any atom is 0.387 e. The third-order valence-corrected chi connectivity index (χ3v) is 3.15. The Kier molecular flexibility index (Phi) is 4.32. The molecule has 0 saturated heterocycles. The number of alkyl halides is 2. The van der Waals surface area contributed by atoms with Crippen LogP contribution in [0.15, 0.2) is 41.8 Å². The first kappa shape index (κ1) is 15.8. The van der Waals surface area contributed by atoms with Gasteiger partial charge in [-0.2, -0.15) is 23.7 Å². The molecule has 0 fully saturated rings. The highest BCUT2D eigenvalue weighted by molar-refractivity contribution is 5.79. The van der Waals surface area contributed by atoms with E-state index in [1.165, 1.54) is 23.1 Å². The highest BCUT2D eigenvalue weighted by Crippen LogP contribution is 2.14. The van der Waals surface area contributed by atoms with Crippen molar-refractivity contribution in [1.29, 1.82) is 0 Å². The predicted molar refractivity (Wildman–Crippen MR) is 82.7 cm³/mol. The molecule has 7 nitrogen and oxygen atoms in total. The van der Waals surface area contributed by atoms with Crippen LogP contribution in [0.2, 0.25) is 0 Å². The number of ether oxygens (including phenoxy) is 1. The van der Waals surface area contributed by atoms with E-state index in [9.17, 15) is 8.78 Å². The molecule has 0 unspecified atom stereocenters. The van der Waals surface area contributed by atoms with Gasteiger partial charge in [0.2, 0.25) is 0 Å². The maximum absolute atomic E-state index is 12.1. The molecule has 3 rings (SSSR count). The van der Waals surface area contributed by atoms with Crippen LogP contribution in [0.4, 0.5) is 8.78 Å². The highest BCUT2D eigenvalue weighted by atomic mass is 19.3. The van der Waals surface area contributed by atoms with Gasteiger partial charge >= 0.3 is 6.61 Å².